The number of benzene rings is 1. The van der Waals surface area contributed by atoms with E-state index in [0.717, 1.165) is 17.5 Å². The Bertz CT molecular complexity index is 1320. The summed E-state index contributed by atoms with van der Waals surface area (Å²) in [6.45, 7) is 3.47. The van der Waals surface area contributed by atoms with E-state index in [4.69, 9.17) is 9.26 Å². The Hall–Kier alpha value is -3.05. The monoisotopic (exact) mass is 432 g/mol. The maximum atomic E-state index is 13.1. The molecule has 11 heteroatoms. The average molecular weight is 432 g/mol. The first kappa shape index (κ1) is 20.2. The third-order valence-electron chi connectivity index (χ3n) is 4.99. The van der Waals surface area contributed by atoms with E-state index in [9.17, 15) is 18.0 Å². The zero-order valence-corrected chi connectivity index (χ0v) is 17.4. The van der Waals surface area contributed by atoms with Crippen molar-refractivity contribution in [3.8, 4) is 0 Å². The lowest BCUT2D eigenvalue weighted by Crippen LogP contribution is -2.34. The molecule has 1 aliphatic rings. The van der Waals surface area contributed by atoms with Gasteiger partial charge in [0.15, 0.2) is 5.69 Å². The van der Waals surface area contributed by atoms with Crippen LogP contribution in [0.25, 0.3) is 10.8 Å². The van der Waals surface area contributed by atoms with E-state index < -0.39 is 27.1 Å². The SMILES string of the molecule is COC(=O)c1nn(Cc2cc(C)on2)c(=O)c2cc(S(=O)(=O)NC3(C)CC3)ccc12. The molecule has 10 nitrogen and oxygen atoms in total. The highest BCUT2D eigenvalue weighted by atomic mass is 32.2. The van der Waals surface area contributed by atoms with Crippen LogP contribution in [0.15, 0.2) is 38.5 Å². The molecular formula is C19H20N4O6S. The van der Waals surface area contributed by atoms with Crippen molar-refractivity contribution in [2.24, 2.45) is 0 Å². The fourth-order valence-corrected chi connectivity index (χ4v) is 4.60. The molecule has 0 unspecified atom stereocenters. The number of methoxy groups -OCH3 is 1. The summed E-state index contributed by atoms with van der Waals surface area (Å²) in [5, 5.41) is 8.20. The van der Waals surface area contributed by atoms with Crippen molar-refractivity contribution in [2.75, 3.05) is 7.11 Å². The first-order valence-electron chi connectivity index (χ1n) is 9.21. The topological polar surface area (TPSA) is 133 Å². The van der Waals surface area contributed by atoms with Crippen LogP contribution in [0.2, 0.25) is 0 Å². The molecule has 1 N–H and O–H groups in total. The zero-order chi connectivity index (χ0) is 21.7. The standard InChI is InChI=1S/C19H20N4O6S/c1-11-8-12(21-29-11)10-23-17(24)15-9-13(30(26,27)22-19(2)6-7-19)4-5-14(15)16(20-23)18(25)28-3/h4-5,8-9,22H,6-7,10H2,1-3H3. The van der Waals surface area contributed by atoms with Crippen molar-refractivity contribution in [3.63, 3.8) is 0 Å². The number of sulfonamides is 1. The van der Waals surface area contributed by atoms with Crippen LogP contribution in [0.1, 0.15) is 41.7 Å². The summed E-state index contributed by atoms with van der Waals surface area (Å²) >= 11 is 0. The maximum absolute atomic E-state index is 13.1. The third-order valence-corrected chi connectivity index (χ3v) is 6.63. The van der Waals surface area contributed by atoms with Crippen LogP contribution in [0.4, 0.5) is 0 Å². The summed E-state index contributed by atoms with van der Waals surface area (Å²) in [6.07, 6.45) is 1.50. The van der Waals surface area contributed by atoms with E-state index in [1.54, 1.807) is 13.0 Å². The Kier molecular flexibility index (Phi) is 4.74. The van der Waals surface area contributed by atoms with Crippen LogP contribution in [0.3, 0.4) is 0 Å². The summed E-state index contributed by atoms with van der Waals surface area (Å²) in [5.41, 5.74) is -0.690. The smallest absolute Gasteiger partial charge is 0.359 e. The molecule has 4 rings (SSSR count). The van der Waals surface area contributed by atoms with Crippen molar-refractivity contribution in [3.05, 3.63) is 51.8 Å². The molecule has 1 aliphatic carbocycles. The summed E-state index contributed by atoms with van der Waals surface area (Å²) in [5.74, 6) is -0.190. The van der Waals surface area contributed by atoms with E-state index in [2.05, 4.69) is 15.0 Å². The van der Waals surface area contributed by atoms with Gasteiger partial charge in [-0.1, -0.05) is 11.2 Å². The van der Waals surface area contributed by atoms with Gasteiger partial charge in [0.2, 0.25) is 10.0 Å². The molecule has 2 aromatic heterocycles. The van der Waals surface area contributed by atoms with Crippen LogP contribution in [0.5, 0.6) is 0 Å². The van der Waals surface area contributed by atoms with Gasteiger partial charge >= 0.3 is 5.97 Å². The number of carbonyl (C=O) groups excluding carboxylic acids is 1. The zero-order valence-electron chi connectivity index (χ0n) is 16.6. The highest BCUT2D eigenvalue weighted by molar-refractivity contribution is 7.89. The van der Waals surface area contributed by atoms with Gasteiger partial charge in [0.25, 0.3) is 5.56 Å². The van der Waals surface area contributed by atoms with Crippen molar-refractivity contribution in [1.82, 2.24) is 19.7 Å². The highest BCUT2D eigenvalue weighted by Gasteiger charge is 2.41. The fourth-order valence-electron chi connectivity index (χ4n) is 3.11. The van der Waals surface area contributed by atoms with Gasteiger partial charge in [-0.05, 0) is 38.8 Å². The number of hydrogen-bond donors (Lipinski definition) is 1. The molecule has 0 amide bonds. The molecule has 158 valence electrons. The van der Waals surface area contributed by atoms with Crippen LogP contribution in [-0.2, 0) is 21.3 Å². The number of aryl methyl sites for hydroxylation is 1. The van der Waals surface area contributed by atoms with Gasteiger partial charge in [-0.25, -0.2) is 22.6 Å². The van der Waals surface area contributed by atoms with E-state index >= 15 is 0 Å². The second-order valence-electron chi connectivity index (χ2n) is 7.61. The van der Waals surface area contributed by atoms with Crippen molar-refractivity contribution in [2.45, 2.75) is 43.7 Å². The van der Waals surface area contributed by atoms with Gasteiger partial charge in [-0.2, -0.15) is 5.10 Å². The number of carbonyl (C=O) groups is 1. The lowest BCUT2D eigenvalue weighted by Gasteiger charge is -2.13. The maximum Gasteiger partial charge on any atom is 0.359 e. The number of nitrogens with zero attached hydrogens (tertiary/aromatic N) is 3. The van der Waals surface area contributed by atoms with Crippen LogP contribution in [0, 0.1) is 6.92 Å². The van der Waals surface area contributed by atoms with Crippen LogP contribution in [-0.4, -0.2) is 42.0 Å². The number of aromatic nitrogens is 3. The molecular weight excluding hydrogens is 412 g/mol. The molecule has 0 aliphatic heterocycles. The minimum Gasteiger partial charge on any atom is -0.464 e. The van der Waals surface area contributed by atoms with E-state index in [0.29, 0.717) is 11.5 Å². The average Bonchev–Trinajstić information content (AvgIpc) is 3.27. The molecule has 1 aromatic carbocycles. The molecule has 1 fully saturated rings. The molecule has 30 heavy (non-hydrogen) atoms. The summed E-state index contributed by atoms with van der Waals surface area (Å²) in [4.78, 5) is 25.3. The largest absolute Gasteiger partial charge is 0.464 e. The van der Waals surface area contributed by atoms with Crippen molar-refractivity contribution in [1.29, 1.82) is 0 Å². The minimum atomic E-state index is -3.83. The predicted octanol–water partition coefficient (Wildman–Crippen LogP) is 1.36. The molecule has 0 radical (unpaired) electrons. The van der Waals surface area contributed by atoms with Gasteiger partial charge < -0.3 is 9.26 Å². The Morgan fingerprint density at radius 2 is 2.03 bits per heavy atom. The predicted molar refractivity (Wildman–Crippen MR) is 106 cm³/mol. The molecule has 3 aromatic rings. The van der Waals surface area contributed by atoms with Crippen LogP contribution < -0.4 is 10.3 Å². The van der Waals surface area contributed by atoms with Gasteiger partial charge in [0, 0.05) is 17.0 Å². The fraction of sp³-hybridized carbons (Fsp3) is 0.368. The molecule has 1 saturated carbocycles. The van der Waals surface area contributed by atoms with Crippen LogP contribution >= 0.6 is 0 Å². The Morgan fingerprint density at radius 3 is 2.63 bits per heavy atom. The first-order chi connectivity index (χ1) is 14.1. The van der Waals surface area contributed by atoms with E-state index in [1.165, 1.54) is 25.3 Å². The van der Waals surface area contributed by atoms with Gasteiger partial charge in [0.1, 0.15) is 11.5 Å². The number of esters is 1. The van der Waals surface area contributed by atoms with Crippen molar-refractivity contribution >= 4 is 26.8 Å². The molecule has 0 saturated heterocycles. The minimum absolute atomic E-state index is 0.0365. The third kappa shape index (κ3) is 3.73. The highest BCUT2D eigenvalue weighted by Crippen LogP contribution is 2.36. The summed E-state index contributed by atoms with van der Waals surface area (Å²) in [7, 11) is -2.63. The number of nitrogens with one attached hydrogen (secondary N) is 1. The normalized spacial score (nSPS) is 15.3. The lowest BCUT2D eigenvalue weighted by atomic mass is 10.1. The number of hydrogen-bond acceptors (Lipinski definition) is 8. The van der Waals surface area contributed by atoms with Gasteiger partial charge in [0.05, 0.1) is 23.9 Å². The molecule has 2 heterocycles. The van der Waals surface area contributed by atoms with Gasteiger partial charge in [-0.3, -0.25) is 4.79 Å². The number of fused-ring (bicyclic) bond motifs is 1. The lowest BCUT2D eigenvalue weighted by molar-refractivity contribution is 0.0593. The second kappa shape index (κ2) is 7.03. The molecule has 0 atom stereocenters. The Morgan fingerprint density at radius 1 is 1.30 bits per heavy atom. The first-order valence-corrected chi connectivity index (χ1v) is 10.7. The van der Waals surface area contributed by atoms with Crippen molar-refractivity contribution < 1.29 is 22.5 Å². The van der Waals surface area contributed by atoms with E-state index in [1.807, 2.05) is 6.92 Å². The summed E-state index contributed by atoms with van der Waals surface area (Å²) < 4.78 is 39.0. The van der Waals surface area contributed by atoms with Gasteiger partial charge in [-0.15, -0.1) is 0 Å². The quantitative estimate of drug-likeness (QED) is 0.577. The molecule has 0 bridgehead atoms. The Balaban J connectivity index is 1.87. The number of rotatable bonds is 6. The second-order valence-corrected chi connectivity index (χ2v) is 9.29. The van der Waals surface area contributed by atoms with E-state index in [-0.39, 0.29) is 27.9 Å². The molecule has 0 spiro atoms. The Labute approximate surface area is 171 Å². The number of ether oxygens (including phenoxy) is 1. The summed E-state index contributed by atoms with van der Waals surface area (Å²) in [6, 6.07) is 5.63.